The summed E-state index contributed by atoms with van der Waals surface area (Å²) in [6.45, 7) is 3.61. The van der Waals surface area contributed by atoms with Crippen molar-refractivity contribution in [2.45, 2.75) is 26.7 Å². The maximum Gasteiger partial charge on any atom is 0.162 e. The number of hydrogen-bond acceptors (Lipinski definition) is 0. The average Bonchev–Trinajstić information content (AvgIpc) is 2.28. The summed E-state index contributed by atoms with van der Waals surface area (Å²) in [6.07, 6.45) is 1.18. The van der Waals surface area contributed by atoms with Gasteiger partial charge in [-0.25, -0.2) is 8.78 Å². The molecule has 0 saturated carbocycles. The first-order valence-electron chi connectivity index (χ1n) is 5.41. The summed E-state index contributed by atoms with van der Waals surface area (Å²) in [7, 11) is 0. The number of allylic oxidation sites excluding steroid dienone is 4. The van der Waals surface area contributed by atoms with Gasteiger partial charge in [-0.2, -0.15) is 0 Å². The Morgan fingerprint density at radius 1 is 0.875 bits per heavy atom. The third-order valence-corrected chi connectivity index (χ3v) is 2.98. The predicted octanol–water partition coefficient (Wildman–Crippen LogP) is 4.71. The van der Waals surface area contributed by atoms with E-state index in [-0.39, 0.29) is 0 Å². The molecular formula is C14H14F2. The van der Waals surface area contributed by atoms with Gasteiger partial charge in [0.1, 0.15) is 0 Å². The third-order valence-electron chi connectivity index (χ3n) is 2.98. The maximum absolute atomic E-state index is 13.7. The molecule has 84 valence electrons. The summed E-state index contributed by atoms with van der Waals surface area (Å²) in [5, 5.41) is 0. The largest absolute Gasteiger partial charge is 0.204 e. The van der Waals surface area contributed by atoms with E-state index in [1.54, 1.807) is 6.92 Å². The Hall–Kier alpha value is -1.44. The molecule has 16 heavy (non-hydrogen) atoms. The number of benzene rings is 1. The van der Waals surface area contributed by atoms with E-state index < -0.39 is 11.7 Å². The highest BCUT2D eigenvalue weighted by molar-refractivity contribution is 5.72. The Labute approximate surface area is 94.3 Å². The third kappa shape index (κ3) is 1.92. The van der Waals surface area contributed by atoms with E-state index in [2.05, 4.69) is 0 Å². The Bertz CT molecular complexity index is 464. The molecule has 0 fully saturated rings. The van der Waals surface area contributed by atoms with Crippen LogP contribution in [0.25, 0.3) is 5.57 Å². The van der Waals surface area contributed by atoms with Crippen molar-refractivity contribution in [3.8, 4) is 0 Å². The number of halogens is 2. The van der Waals surface area contributed by atoms with Crippen molar-refractivity contribution in [2.24, 2.45) is 0 Å². The summed E-state index contributed by atoms with van der Waals surface area (Å²) in [5.74, 6) is -1.37. The smallest absolute Gasteiger partial charge is 0.162 e. The van der Waals surface area contributed by atoms with E-state index >= 15 is 0 Å². The highest BCUT2D eigenvalue weighted by atomic mass is 19.2. The lowest BCUT2D eigenvalue weighted by Gasteiger charge is -2.16. The normalized spacial score (nSPS) is 17.0. The molecule has 0 nitrogen and oxygen atoms in total. The summed E-state index contributed by atoms with van der Waals surface area (Å²) < 4.78 is 27.2. The Balaban J connectivity index is 2.45. The zero-order valence-electron chi connectivity index (χ0n) is 9.48. The highest BCUT2D eigenvalue weighted by Crippen LogP contribution is 2.37. The average molecular weight is 220 g/mol. The van der Waals surface area contributed by atoms with Gasteiger partial charge in [-0.1, -0.05) is 29.8 Å². The van der Waals surface area contributed by atoms with Crippen LogP contribution in [0.1, 0.15) is 30.9 Å². The quantitative estimate of drug-likeness (QED) is 0.642. The van der Waals surface area contributed by atoms with Gasteiger partial charge < -0.3 is 0 Å². The van der Waals surface area contributed by atoms with Crippen LogP contribution in [0.15, 0.2) is 41.5 Å². The fraction of sp³-hybridized carbons (Fsp3) is 0.286. The molecule has 2 rings (SSSR count). The summed E-state index contributed by atoms with van der Waals surface area (Å²) in [4.78, 5) is 0. The predicted molar refractivity (Wildman–Crippen MR) is 62.2 cm³/mol. The Morgan fingerprint density at radius 2 is 1.50 bits per heavy atom. The molecule has 1 aromatic rings. The van der Waals surface area contributed by atoms with Crippen LogP contribution in [0, 0.1) is 6.92 Å². The van der Waals surface area contributed by atoms with Gasteiger partial charge in [0.05, 0.1) is 0 Å². The first kappa shape index (κ1) is 11.1. The van der Waals surface area contributed by atoms with Crippen LogP contribution in [0.3, 0.4) is 0 Å². The molecule has 0 aromatic heterocycles. The van der Waals surface area contributed by atoms with E-state index in [1.807, 2.05) is 31.2 Å². The minimum Gasteiger partial charge on any atom is -0.204 e. The van der Waals surface area contributed by atoms with Crippen LogP contribution in [-0.4, -0.2) is 0 Å². The van der Waals surface area contributed by atoms with Gasteiger partial charge in [-0.15, -0.1) is 0 Å². The highest BCUT2D eigenvalue weighted by Gasteiger charge is 2.20. The molecule has 0 amide bonds. The van der Waals surface area contributed by atoms with Crippen LogP contribution >= 0.6 is 0 Å². The lowest BCUT2D eigenvalue weighted by molar-refractivity contribution is 0.525. The second-order valence-corrected chi connectivity index (χ2v) is 4.25. The van der Waals surface area contributed by atoms with Crippen molar-refractivity contribution in [2.75, 3.05) is 0 Å². The zero-order chi connectivity index (χ0) is 11.7. The number of hydrogen-bond donors (Lipinski definition) is 0. The molecule has 0 unspecified atom stereocenters. The monoisotopic (exact) mass is 220 g/mol. The van der Waals surface area contributed by atoms with E-state index in [9.17, 15) is 8.78 Å². The minimum absolute atomic E-state index is 0.489. The van der Waals surface area contributed by atoms with E-state index in [1.165, 1.54) is 0 Å². The molecule has 0 bridgehead atoms. The molecule has 0 spiro atoms. The van der Waals surface area contributed by atoms with Gasteiger partial charge in [0.2, 0.25) is 0 Å². The lowest BCUT2D eigenvalue weighted by atomic mass is 9.92. The molecule has 0 heterocycles. The van der Waals surface area contributed by atoms with Crippen molar-refractivity contribution in [3.63, 3.8) is 0 Å². The van der Waals surface area contributed by atoms with E-state index in [0.29, 0.717) is 24.0 Å². The van der Waals surface area contributed by atoms with Crippen LogP contribution in [0.5, 0.6) is 0 Å². The van der Waals surface area contributed by atoms with Crippen LogP contribution < -0.4 is 0 Å². The van der Waals surface area contributed by atoms with Crippen molar-refractivity contribution in [1.82, 2.24) is 0 Å². The van der Waals surface area contributed by atoms with Crippen LogP contribution in [0.4, 0.5) is 8.78 Å². The summed E-state index contributed by atoms with van der Waals surface area (Å²) in [6, 6.07) is 7.52. The molecule has 1 aliphatic rings. The Kier molecular flexibility index (Phi) is 2.90. The van der Waals surface area contributed by atoms with Crippen LogP contribution in [0.2, 0.25) is 0 Å². The molecule has 0 N–H and O–H groups in total. The number of aryl methyl sites for hydroxylation is 1. The zero-order valence-corrected chi connectivity index (χ0v) is 9.48. The van der Waals surface area contributed by atoms with Gasteiger partial charge in [0.25, 0.3) is 0 Å². The SMILES string of the molecule is CC1=C(F)C(F)=C(c2ccc(C)cc2)CC1. The standard InChI is InChI=1S/C14H14F2/c1-9-3-6-11(7-4-9)12-8-5-10(2)13(15)14(12)16/h3-4,6-7H,5,8H2,1-2H3. The van der Waals surface area contributed by atoms with Crippen molar-refractivity contribution in [1.29, 1.82) is 0 Å². The number of rotatable bonds is 1. The summed E-state index contributed by atoms with van der Waals surface area (Å²) >= 11 is 0. The molecule has 0 saturated heterocycles. The first-order chi connectivity index (χ1) is 7.59. The molecule has 1 aromatic carbocycles. The van der Waals surface area contributed by atoms with Gasteiger partial charge in [-0.05, 0) is 43.4 Å². The van der Waals surface area contributed by atoms with E-state index in [4.69, 9.17) is 0 Å². The molecule has 2 heteroatoms. The van der Waals surface area contributed by atoms with Crippen molar-refractivity contribution < 1.29 is 8.78 Å². The van der Waals surface area contributed by atoms with Crippen molar-refractivity contribution in [3.05, 3.63) is 52.6 Å². The van der Waals surface area contributed by atoms with E-state index in [0.717, 1.165) is 11.1 Å². The van der Waals surface area contributed by atoms with Gasteiger partial charge in [0.15, 0.2) is 11.7 Å². The molecule has 0 radical (unpaired) electrons. The van der Waals surface area contributed by atoms with Gasteiger partial charge >= 0.3 is 0 Å². The van der Waals surface area contributed by atoms with Gasteiger partial charge in [-0.3, -0.25) is 0 Å². The second kappa shape index (κ2) is 4.20. The second-order valence-electron chi connectivity index (χ2n) is 4.25. The molecule has 0 atom stereocenters. The van der Waals surface area contributed by atoms with Crippen molar-refractivity contribution >= 4 is 5.57 Å². The van der Waals surface area contributed by atoms with Gasteiger partial charge in [0, 0.05) is 0 Å². The molecular weight excluding hydrogens is 206 g/mol. The lowest BCUT2D eigenvalue weighted by Crippen LogP contribution is -1.99. The minimum atomic E-state index is -0.687. The maximum atomic E-state index is 13.7. The summed E-state index contributed by atoms with van der Waals surface area (Å²) in [5.41, 5.74) is 2.90. The van der Waals surface area contributed by atoms with Crippen LogP contribution in [-0.2, 0) is 0 Å². The fourth-order valence-corrected chi connectivity index (χ4v) is 1.88. The fourth-order valence-electron chi connectivity index (χ4n) is 1.88. The topological polar surface area (TPSA) is 0 Å². The first-order valence-corrected chi connectivity index (χ1v) is 5.41. The molecule has 0 aliphatic heterocycles. The Morgan fingerprint density at radius 3 is 2.12 bits per heavy atom. The molecule has 1 aliphatic carbocycles.